The molecule has 4 heteroatoms. The van der Waals surface area contributed by atoms with Crippen LogP contribution in [0.15, 0.2) is 24.3 Å². The first-order valence-corrected chi connectivity index (χ1v) is 8.06. The molecule has 0 heterocycles. The van der Waals surface area contributed by atoms with E-state index in [0.717, 1.165) is 44.3 Å². The number of carbonyl (C=O) groups excluding carboxylic acids is 1. The van der Waals surface area contributed by atoms with Crippen molar-refractivity contribution in [1.29, 1.82) is 5.26 Å². The van der Waals surface area contributed by atoms with Crippen LogP contribution in [0.25, 0.3) is 0 Å². The summed E-state index contributed by atoms with van der Waals surface area (Å²) in [4.78, 5) is 13.6. The predicted molar refractivity (Wildman–Crippen MR) is 89.0 cm³/mol. The Balaban J connectivity index is 2.32. The van der Waals surface area contributed by atoms with Crippen LogP contribution in [0, 0.1) is 11.3 Å². The molecule has 0 fully saturated rings. The van der Waals surface area contributed by atoms with Crippen LogP contribution in [0.4, 0.5) is 5.69 Å². The van der Waals surface area contributed by atoms with Gasteiger partial charge in [-0.3, -0.25) is 4.79 Å². The van der Waals surface area contributed by atoms with Gasteiger partial charge in [0.05, 0.1) is 6.07 Å². The minimum atomic E-state index is -0.180. The van der Waals surface area contributed by atoms with Crippen molar-refractivity contribution in [2.75, 3.05) is 18.5 Å². The van der Waals surface area contributed by atoms with E-state index >= 15 is 0 Å². The zero-order chi connectivity index (χ0) is 16.2. The van der Waals surface area contributed by atoms with Crippen molar-refractivity contribution < 1.29 is 9.53 Å². The van der Waals surface area contributed by atoms with E-state index in [1.54, 1.807) is 0 Å². The van der Waals surface area contributed by atoms with Crippen molar-refractivity contribution in [3.63, 3.8) is 0 Å². The predicted octanol–water partition coefficient (Wildman–Crippen LogP) is 4.30. The number of nitriles is 1. The summed E-state index contributed by atoms with van der Waals surface area (Å²) in [6.45, 7) is 2.95. The van der Waals surface area contributed by atoms with Crippen LogP contribution >= 0.6 is 0 Å². The quantitative estimate of drug-likeness (QED) is 0.367. The molecule has 0 N–H and O–H groups in total. The number of unbranched alkanes of at least 4 members (excludes halogenated alkanes) is 4. The summed E-state index contributed by atoms with van der Waals surface area (Å²) < 4.78 is 5.24. The number of hydrogen-bond acceptors (Lipinski definition) is 4. The van der Waals surface area contributed by atoms with Gasteiger partial charge in [-0.25, -0.2) is 0 Å². The lowest BCUT2D eigenvalue weighted by Gasteiger charge is -2.19. The van der Waals surface area contributed by atoms with E-state index < -0.39 is 0 Å². The molecular formula is C18H26N2O2. The molecule has 0 radical (unpaired) electrons. The SMILES string of the molecule is CCCC(=O)Oc1ccc(N(C)CCCCCCC#N)cc1. The maximum atomic E-state index is 11.4. The van der Waals surface area contributed by atoms with Gasteiger partial charge in [-0.2, -0.15) is 5.26 Å². The van der Waals surface area contributed by atoms with Gasteiger partial charge in [0.25, 0.3) is 0 Å². The lowest BCUT2D eigenvalue weighted by Crippen LogP contribution is -2.18. The molecule has 0 atom stereocenters. The van der Waals surface area contributed by atoms with Crippen molar-refractivity contribution in [3.05, 3.63) is 24.3 Å². The monoisotopic (exact) mass is 302 g/mol. The van der Waals surface area contributed by atoms with Gasteiger partial charge in [0, 0.05) is 32.1 Å². The number of esters is 1. The summed E-state index contributed by atoms with van der Waals surface area (Å²) in [6, 6.07) is 9.81. The third kappa shape index (κ3) is 7.12. The average molecular weight is 302 g/mol. The summed E-state index contributed by atoms with van der Waals surface area (Å²) in [5, 5.41) is 8.48. The molecule has 0 aliphatic rings. The molecule has 1 rings (SSSR count). The molecule has 1 aromatic carbocycles. The van der Waals surface area contributed by atoms with E-state index in [1.807, 2.05) is 31.2 Å². The topological polar surface area (TPSA) is 53.3 Å². The average Bonchev–Trinajstić information content (AvgIpc) is 2.51. The first-order chi connectivity index (χ1) is 10.7. The normalized spacial score (nSPS) is 10.0. The van der Waals surface area contributed by atoms with Gasteiger partial charge in [-0.1, -0.05) is 19.8 Å². The lowest BCUT2D eigenvalue weighted by molar-refractivity contribution is -0.134. The Morgan fingerprint density at radius 1 is 1.18 bits per heavy atom. The van der Waals surface area contributed by atoms with Crippen LogP contribution < -0.4 is 9.64 Å². The van der Waals surface area contributed by atoms with E-state index in [9.17, 15) is 4.79 Å². The lowest BCUT2D eigenvalue weighted by atomic mass is 10.1. The molecule has 4 nitrogen and oxygen atoms in total. The van der Waals surface area contributed by atoms with Gasteiger partial charge < -0.3 is 9.64 Å². The molecule has 120 valence electrons. The van der Waals surface area contributed by atoms with Gasteiger partial charge in [-0.15, -0.1) is 0 Å². The first-order valence-electron chi connectivity index (χ1n) is 8.06. The number of nitrogens with zero attached hydrogens (tertiary/aromatic N) is 2. The minimum absolute atomic E-state index is 0.180. The molecule has 0 spiro atoms. The summed E-state index contributed by atoms with van der Waals surface area (Å²) in [5.74, 6) is 0.424. The Hall–Kier alpha value is -2.02. The smallest absolute Gasteiger partial charge is 0.311 e. The molecule has 0 aliphatic carbocycles. The Kier molecular flexibility index (Phi) is 8.74. The molecule has 1 aromatic rings. The standard InChI is InChI=1S/C18H26N2O2/c1-3-9-18(21)22-17-12-10-16(11-13-17)20(2)15-8-6-4-5-7-14-19/h10-13H,3-9,15H2,1-2H3. The van der Waals surface area contributed by atoms with Crippen LogP contribution in [0.2, 0.25) is 0 Å². The molecule has 0 unspecified atom stereocenters. The first kappa shape index (κ1) is 18.0. The fourth-order valence-corrected chi connectivity index (χ4v) is 2.19. The van der Waals surface area contributed by atoms with E-state index in [-0.39, 0.29) is 5.97 Å². The van der Waals surface area contributed by atoms with Gasteiger partial charge >= 0.3 is 5.97 Å². The third-order valence-electron chi connectivity index (χ3n) is 3.50. The van der Waals surface area contributed by atoms with E-state index in [2.05, 4.69) is 18.0 Å². The number of rotatable bonds is 10. The second kappa shape index (κ2) is 10.7. The van der Waals surface area contributed by atoms with Crippen molar-refractivity contribution in [1.82, 2.24) is 0 Å². The summed E-state index contributed by atoms with van der Waals surface area (Å²) in [6.07, 6.45) is 6.30. The van der Waals surface area contributed by atoms with Crippen molar-refractivity contribution in [2.24, 2.45) is 0 Å². The Morgan fingerprint density at radius 3 is 2.50 bits per heavy atom. The highest BCUT2D eigenvalue weighted by Crippen LogP contribution is 2.19. The molecule has 0 saturated heterocycles. The highest BCUT2D eigenvalue weighted by Gasteiger charge is 2.05. The zero-order valence-corrected chi connectivity index (χ0v) is 13.7. The summed E-state index contributed by atoms with van der Waals surface area (Å²) in [5.41, 5.74) is 1.12. The molecule has 0 saturated carbocycles. The van der Waals surface area contributed by atoms with E-state index in [0.29, 0.717) is 18.6 Å². The summed E-state index contributed by atoms with van der Waals surface area (Å²) in [7, 11) is 2.06. The fraction of sp³-hybridized carbons (Fsp3) is 0.556. The van der Waals surface area contributed by atoms with Crippen molar-refractivity contribution >= 4 is 11.7 Å². The molecule has 0 aliphatic heterocycles. The van der Waals surface area contributed by atoms with Gasteiger partial charge in [0.2, 0.25) is 0 Å². The van der Waals surface area contributed by atoms with Gasteiger partial charge in [0.1, 0.15) is 5.75 Å². The van der Waals surface area contributed by atoms with Gasteiger partial charge in [-0.05, 0) is 43.5 Å². The number of ether oxygens (including phenoxy) is 1. The van der Waals surface area contributed by atoms with Crippen molar-refractivity contribution in [2.45, 2.75) is 51.9 Å². The molecule has 0 aromatic heterocycles. The van der Waals surface area contributed by atoms with Crippen LogP contribution in [0.1, 0.15) is 51.9 Å². The maximum absolute atomic E-state index is 11.4. The van der Waals surface area contributed by atoms with Crippen LogP contribution in [-0.4, -0.2) is 19.6 Å². The highest BCUT2D eigenvalue weighted by molar-refractivity contribution is 5.72. The maximum Gasteiger partial charge on any atom is 0.311 e. The molecule has 0 bridgehead atoms. The van der Waals surface area contributed by atoms with Crippen LogP contribution in [0.5, 0.6) is 5.75 Å². The fourth-order valence-electron chi connectivity index (χ4n) is 2.19. The number of anilines is 1. The second-order valence-electron chi connectivity index (χ2n) is 5.46. The number of carbonyl (C=O) groups is 1. The Morgan fingerprint density at radius 2 is 1.86 bits per heavy atom. The largest absolute Gasteiger partial charge is 0.427 e. The Bertz CT molecular complexity index is 477. The van der Waals surface area contributed by atoms with Crippen molar-refractivity contribution in [3.8, 4) is 11.8 Å². The highest BCUT2D eigenvalue weighted by atomic mass is 16.5. The van der Waals surface area contributed by atoms with E-state index in [4.69, 9.17) is 10.00 Å². The molecular weight excluding hydrogens is 276 g/mol. The number of hydrogen-bond donors (Lipinski definition) is 0. The summed E-state index contributed by atoms with van der Waals surface area (Å²) >= 11 is 0. The number of benzene rings is 1. The second-order valence-corrected chi connectivity index (χ2v) is 5.46. The van der Waals surface area contributed by atoms with Crippen LogP contribution in [0.3, 0.4) is 0 Å². The van der Waals surface area contributed by atoms with E-state index in [1.165, 1.54) is 0 Å². The molecule has 22 heavy (non-hydrogen) atoms. The third-order valence-corrected chi connectivity index (χ3v) is 3.50. The van der Waals surface area contributed by atoms with Crippen LogP contribution in [-0.2, 0) is 4.79 Å². The van der Waals surface area contributed by atoms with Gasteiger partial charge in [0.15, 0.2) is 0 Å². The minimum Gasteiger partial charge on any atom is -0.427 e. The zero-order valence-electron chi connectivity index (χ0n) is 13.7. The molecule has 0 amide bonds. The Labute approximate surface area is 133 Å².